The van der Waals surface area contributed by atoms with Crippen molar-refractivity contribution in [1.29, 1.82) is 0 Å². The number of fused-ring (bicyclic) bond motifs is 1. The zero-order chi connectivity index (χ0) is 13.5. The monoisotopic (exact) mass is 280 g/mol. The molecule has 102 valence electrons. The summed E-state index contributed by atoms with van der Waals surface area (Å²) in [6.45, 7) is 0.627. The van der Waals surface area contributed by atoms with Crippen LogP contribution in [0.3, 0.4) is 0 Å². The Balaban J connectivity index is 1.76. The number of sulfone groups is 1. The van der Waals surface area contributed by atoms with Gasteiger partial charge in [0.1, 0.15) is 5.52 Å². The molecule has 6 nitrogen and oxygen atoms in total. The van der Waals surface area contributed by atoms with E-state index in [9.17, 15) is 8.42 Å². The van der Waals surface area contributed by atoms with Crippen LogP contribution in [-0.2, 0) is 16.9 Å². The highest BCUT2D eigenvalue weighted by molar-refractivity contribution is 7.91. The Labute approximate surface area is 111 Å². The van der Waals surface area contributed by atoms with Gasteiger partial charge in [0, 0.05) is 19.8 Å². The number of rotatable bonds is 3. The molecule has 1 unspecified atom stereocenters. The quantitative estimate of drug-likeness (QED) is 0.900. The Morgan fingerprint density at radius 2 is 2.32 bits per heavy atom. The zero-order valence-electron chi connectivity index (χ0n) is 10.7. The lowest BCUT2D eigenvalue weighted by molar-refractivity contribution is 0.596. The lowest BCUT2D eigenvalue weighted by Crippen LogP contribution is -2.16. The number of nitrogens with zero attached hydrogens (tertiary/aromatic N) is 3. The Morgan fingerprint density at radius 1 is 1.47 bits per heavy atom. The summed E-state index contributed by atoms with van der Waals surface area (Å²) >= 11 is 0. The normalized spacial score (nSPS) is 21.8. The first-order valence-corrected chi connectivity index (χ1v) is 8.07. The summed E-state index contributed by atoms with van der Waals surface area (Å²) < 4.78 is 24.8. The molecule has 0 amide bonds. The van der Waals surface area contributed by atoms with Gasteiger partial charge in [0.05, 0.1) is 23.3 Å². The van der Waals surface area contributed by atoms with E-state index in [-0.39, 0.29) is 11.7 Å². The van der Waals surface area contributed by atoms with Gasteiger partial charge in [-0.15, -0.1) is 0 Å². The lowest BCUT2D eigenvalue weighted by atomic mass is 10.1. The molecule has 0 aliphatic carbocycles. The van der Waals surface area contributed by atoms with E-state index in [2.05, 4.69) is 15.3 Å². The summed E-state index contributed by atoms with van der Waals surface area (Å²) in [5.74, 6) is 1.48. The third kappa shape index (κ3) is 2.42. The molecule has 7 heteroatoms. The van der Waals surface area contributed by atoms with Crippen LogP contribution in [0.5, 0.6) is 0 Å². The molecule has 2 aromatic heterocycles. The molecule has 0 bridgehead atoms. The predicted octanol–water partition coefficient (Wildman–Crippen LogP) is 0.815. The van der Waals surface area contributed by atoms with Crippen molar-refractivity contribution in [2.24, 2.45) is 13.0 Å². The first-order valence-electron chi connectivity index (χ1n) is 6.25. The highest BCUT2D eigenvalue weighted by atomic mass is 32.2. The van der Waals surface area contributed by atoms with E-state index >= 15 is 0 Å². The maximum atomic E-state index is 11.4. The van der Waals surface area contributed by atoms with Gasteiger partial charge in [-0.25, -0.2) is 18.4 Å². The molecule has 3 heterocycles. The number of pyridine rings is 1. The van der Waals surface area contributed by atoms with E-state index in [1.54, 1.807) is 12.5 Å². The molecule has 0 saturated carbocycles. The fraction of sp³-hybridized carbons (Fsp3) is 0.500. The van der Waals surface area contributed by atoms with Crippen molar-refractivity contribution in [1.82, 2.24) is 14.5 Å². The van der Waals surface area contributed by atoms with Crippen molar-refractivity contribution < 1.29 is 8.42 Å². The van der Waals surface area contributed by atoms with Crippen LogP contribution < -0.4 is 5.32 Å². The van der Waals surface area contributed by atoms with Crippen molar-refractivity contribution >= 4 is 26.7 Å². The van der Waals surface area contributed by atoms with Crippen molar-refractivity contribution in [2.75, 3.05) is 23.4 Å². The molecule has 3 rings (SSSR count). The number of hydrogen-bond acceptors (Lipinski definition) is 5. The second kappa shape index (κ2) is 4.48. The Hall–Kier alpha value is -1.63. The van der Waals surface area contributed by atoms with E-state index in [1.165, 1.54) is 0 Å². The summed E-state index contributed by atoms with van der Waals surface area (Å²) in [7, 11) is -0.885. The molecule has 1 aliphatic heterocycles. The number of nitrogens with one attached hydrogen (secondary N) is 1. The van der Waals surface area contributed by atoms with Gasteiger partial charge in [0.15, 0.2) is 15.7 Å². The van der Waals surface area contributed by atoms with Crippen LogP contribution in [-0.4, -0.2) is 41.0 Å². The molecule has 0 radical (unpaired) electrons. The van der Waals surface area contributed by atoms with Gasteiger partial charge in [0.2, 0.25) is 0 Å². The second-order valence-electron chi connectivity index (χ2n) is 5.03. The van der Waals surface area contributed by atoms with Gasteiger partial charge in [-0.3, -0.25) is 0 Å². The minimum absolute atomic E-state index is 0.172. The van der Waals surface area contributed by atoms with Crippen LogP contribution in [0.15, 0.2) is 18.6 Å². The molecule has 1 fully saturated rings. The average molecular weight is 280 g/mol. The highest BCUT2D eigenvalue weighted by Crippen LogP contribution is 2.22. The van der Waals surface area contributed by atoms with E-state index in [0.29, 0.717) is 12.3 Å². The number of anilines is 1. The first kappa shape index (κ1) is 12.4. The number of aryl methyl sites for hydroxylation is 1. The van der Waals surface area contributed by atoms with E-state index in [1.807, 2.05) is 17.7 Å². The zero-order valence-corrected chi connectivity index (χ0v) is 11.5. The summed E-state index contributed by atoms with van der Waals surface area (Å²) in [5.41, 5.74) is 1.84. The maximum absolute atomic E-state index is 11.4. The molecule has 2 aromatic rings. The van der Waals surface area contributed by atoms with Crippen LogP contribution in [0.4, 0.5) is 5.82 Å². The first-order chi connectivity index (χ1) is 9.05. The van der Waals surface area contributed by atoms with Crippen molar-refractivity contribution in [2.45, 2.75) is 6.42 Å². The highest BCUT2D eigenvalue weighted by Gasteiger charge is 2.27. The van der Waals surface area contributed by atoms with E-state index in [4.69, 9.17) is 0 Å². The fourth-order valence-corrected chi connectivity index (χ4v) is 4.33. The molecule has 1 N–H and O–H groups in total. The van der Waals surface area contributed by atoms with Gasteiger partial charge in [-0.2, -0.15) is 0 Å². The molecular weight excluding hydrogens is 264 g/mol. The molecule has 1 atom stereocenters. The van der Waals surface area contributed by atoms with Gasteiger partial charge < -0.3 is 9.88 Å². The van der Waals surface area contributed by atoms with Crippen LogP contribution in [0.25, 0.3) is 11.0 Å². The van der Waals surface area contributed by atoms with Crippen LogP contribution in [0.2, 0.25) is 0 Å². The summed E-state index contributed by atoms with van der Waals surface area (Å²) in [6.07, 6.45) is 4.21. The minimum atomic E-state index is -2.82. The standard InChI is InChI=1S/C12H16N4O2S/c1-16-8-15-11-10(16)2-4-13-12(11)14-6-9-3-5-19(17,18)7-9/h2,4,8-9H,3,5-7H2,1H3,(H,13,14). The Kier molecular flexibility index (Phi) is 2.93. The van der Waals surface area contributed by atoms with Crippen LogP contribution >= 0.6 is 0 Å². The minimum Gasteiger partial charge on any atom is -0.368 e. The molecule has 0 aromatic carbocycles. The van der Waals surface area contributed by atoms with Gasteiger partial charge in [-0.1, -0.05) is 0 Å². The smallest absolute Gasteiger partial charge is 0.154 e. The largest absolute Gasteiger partial charge is 0.368 e. The van der Waals surface area contributed by atoms with Crippen molar-refractivity contribution in [3.8, 4) is 0 Å². The lowest BCUT2D eigenvalue weighted by Gasteiger charge is -2.10. The predicted molar refractivity (Wildman–Crippen MR) is 73.8 cm³/mol. The van der Waals surface area contributed by atoms with Crippen molar-refractivity contribution in [3.63, 3.8) is 0 Å². The number of aromatic nitrogens is 3. The van der Waals surface area contributed by atoms with E-state index in [0.717, 1.165) is 23.3 Å². The van der Waals surface area contributed by atoms with E-state index < -0.39 is 9.84 Å². The topological polar surface area (TPSA) is 76.9 Å². The number of hydrogen-bond donors (Lipinski definition) is 1. The van der Waals surface area contributed by atoms with Gasteiger partial charge in [-0.05, 0) is 18.4 Å². The third-order valence-electron chi connectivity index (χ3n) is 3.53. The van der Waals surface area contributed by atoms with Gasteiger partial charge in [0.25, 0.3) is 0 Å². The van der Waals surface area contributed by atoms with Gasteiger partial charge >= 0.3 is 0 Å². The molecule has 1 aliphatic rings. The summed E-state index contributed by atoms with van der Waals surface area (Å²) in [6, 6.07) is 1.91. The Morgan fingerprint density at radius 3 is 3.05 bits per heavy atom. The molecular formula is C12H16N4O2S. The molecule has 0 spiro atoms. The summed E-state index contributed by atoms with van der Waals surface area (Å²) in [5, 5.41) is 3.23. The fourth-order valence-electron chi connectivity index (χ4n) is 2.47. The van der Waals surface area contributed by atoms with Crippen LogP contribution in [0.1, 0.15) is 6.42 Å². The Bertz CT molecular complexity index is 708. The SMILES string of the molecule is Cn1cnc2c(NCC3CCS(=O)(=O)C3)nccc21. The third-order valence-corrected chi connectivity index (χ3v) is 5.36. The second-order valence-corrected chi connectivity index (χ2v) is 7.26. The molecule has 19 heavy (non-hydrogen) atoms. The molecule has 1 saturated heterocycles. The van der Waals surface area contributed by atoms with Crippen LogP contribution in [0, 0.1) is 5.92 Å². The maximum Gasteiger partial charge on any atom is 0.154 e. The van der Waals surface area contributed by atoms with Crippen molar-refractivity contribution in [3.05, 3.63) is 18.6 Å². The summed E-state index contributed by atoms with van der Waals surface area (Å²) in [4.78, 5) is 8.59. The average Bonchev–Trinajstić information content (AvgIpc) is 2.91. The number of imidazole rings is 1.